The van der Waals surface area contributed by atoms with Crippen molar-refractivity contribution < 1.29 is 4.74 Å². The number of tetrazole rings is 1. The molecule has 2 heterocycles. The lowest BCUT2D eigenvalue weighted by Gasteiger charge is -2.13. The van der Waals surface area contributed by atoms with Crippen molar-refractivity contribution in [3.8, 4) is 38.7 Å². The predicted octanol–water partition coefficient (Wildman–Crippen LogP) is 6.12. The number of hydrogen-bond donors (Lipinski definition) is 0. The van der Waals surface area contributed by atoms with Gasteiger partial charge in [0.05, 0.1) is 0 Å². The summed E-state index contributed by atoms with van der Waals surface area (Å²) >= 11 is 8.02. The van der Waals surface area contributed by atoms with Gasteiger partial charge >= 0.3 is 0 Å². The number of thiophene rings is 1. The van der Waals surface area contributed by atoms with Gasteiger partial charge in [-0.3, -0.25) is 10.3 Å². The Bertz CT molecular complexity index is 1300. The van der Waals surface area contributed by atoms with E-state index in [4.69, 9.17) is 16.3 Å². The molecule has 0 radical (unpaired) electrons. The van der Waals surface area contributed by atoms with Gasteiger partial charge in [-0.2, -0.15) is 5.21 Å². The Morgan fingerprint density at radius 2 is 1.74 bits per heavy atom. The summed E-state index contributed by atoms with van der Waals surface area (Å²) in [5.74, 6) is 1.30. The van der Waals surface area contributed by atoms with Crippen LogP contribution in [0.4, 0.5) is 0 Å². The Morgan fingerprint density at radius 3 is 2.58 bits per heavy atom. The third-order valence-corrected chi connectivity index (χ3v) is 6.03. The fourth-order valence-corrected chi connectivity index (χ4v) is 4.46. The number of hydrogen-bond acceptors (Lipinski definition) is 5. The standard InChI is InChI=1S/C24H16ClN4OS/c25-19-9-10-22(30-15-16-5-2-1-3-6-16)21(14-19)20-11-12-31-23(20)17-7-4-8-18(13-17)24-26-28-29-27-24/h1-14H,15H2/q-1. The number of benzene rings is 3. The number of rotatable bonds is 6. The van der Waals surface area contributed by atoms with Crippen molar-refractivity contribution in [3.63, 3.8) is 0 Å². The maximum atomic E-state index is 6.36. The molecule has 3 aromatic carbocycles. The Balaban J connectivity index is 1.52. The van der Waals surface area contributed by atoms with E-state index in [0.29, 0.717) is 17.5 Å². The van der Waals surface area contributed by atoms with Crippen molar-refractivity contribution in [2.75, 3.05) is 0 Å². The van der Waals surface area contributed by atoms with Crippen molar-refractivity contribution in [1.29, 1.82) is 0 Å². The quantitative estimate of drug-likeness (QED) is 0.316. The molecule has 0 saturated heterocycles. The van der Waals surface area contributed by atoms with Crippen molar-refractivity contribution in [2.45, 2.75) is 6.61 Å². The molecule has 31 heavy (non-hydrogen) atoms. The second-order valence-electron chi connectivity index (χ2n) is 6.86. The number of aromatic nitrogens is 4. The van der Waals surface area contributed by atoms with Gasteiger partial charge in [0.15, 0.2) is 0 Å². The van der Waals surface area contributed by atoms with E-state index in [-0.39, 0.29) is 0 Å². The zero-order valence-electron chi connectivity index (χ0n) is 16.3. The Kier molecular flexibility index (Phi) is 5.48. The third kappa shape index (κ3) is 4.21. The molecule has 0 aliphatic rings. The second-order valence-corrected chi connectivity index (χ2v) is 8.21. The highest BCUT2D eigenvalue weighted by molar-refractivity contribution is 7.14. The molecule has 0 saturated carbocycles. The molecule has 0 N–H and O–H groups in total. The van der Waals surface area contributed by atoms with E-state index < -0.39 is 0 Å². The van der Waals surface area contributed by atoms with Crippen LogP contribution in [0.5, 0.6) is 5.75 Å². The highest BCUT2D eigenvalue weighted by Crippen LogP contribution is 2.42. The molecule has 0 aliphatic heterocycles. The van der Waals surface area contributed by atoms with Crippen molar-refractivity contribution >= 4 is 22.9 Å². The molecule has 5 rings (SSSR count). The summed E-state index contributed by atoms with van der Waals surface area (Å²) < 4.78 is 6.18. The molecule has 2 aromatic heterocycles. The summed E-state index contributed by atoms with van der Waals surface area (Å²) in [7, 11) is 0. The van der Waals surface area contributed by atoms with E-state index >= 15 is 0 Å². The van der Waals surface area contributed by atoms with Crippen LogP contribution in [0.3, 0.4) is 0 Å². The van der Waals surface area contributed by atoms with E-state index in [1.54, 1.807) is 11.3 Å². The maximum Gasteiger partial charge on any atom is 0.127 e. The summed E-state index contributed by atoms with van der Waals surface area (Å²) in [6.45, 7) is 0.485. The van der Waals surface area contributed by atoms with Gasteiger partial charge in [0, 0.05) is 26.9 Å². The molecule has 0 amide bonds. The van der Waals surface area contributed by atoms with Gasteiger partial charge in [0.25, 0.3) is 0 Å². The lowest BCUT2D eigenvalue weighted by Crippen LogP contribution is -1.97. The van der Waals surface area contributed by atoms with E-state index in [9.17, 15) is 0 Å². The lowest BCUT2D eigenvalue weighted by molar-refractivity contribution is 0.307. The number of ether oxygens (including phenoxy) is 1. The first-order valence-electron chi connectivity index (χ1n) is 9.61. The SMILES string of the molecule is Clc1ccc(OCc2ccccc2)c(-c2ccsc2-c2cccc(-c3nnn[n-]3)c2)c1. The molecule has 0 fully saturated rings. The molecule has 0 aliphatic carbocycles. The second kappa shape index (κ2) is 8.71. The first-order valence-corrected chi connectivity index (χ1v) is 10.9. The first kappa shape index (κ1) is 19.5. The highest BCUT2D eigenvalue weighted by Gasteiger charge is 2.15. The molecule has 5 aromatic rings. The monoisotopic (exact) mass is 443 g/mol. The highest BCUT2D eigenvalue weighted by atomic mass is 35.5. The van der Waals surface area contributed by atoms with E-state index in [1.165, 1.54) is 0 Å². The van der Waals surface area contributed by atoms with Crippen molar-refractivity contribution in [1.82, 2.24) is 20.6 Å². The van der Waals surface area contributed by atoms with Gasteiger partial charge in [-0.1, -0.05) is 60.1 Å². The molecular formula is C24H16ClN4OS-. The Hall–Kier alpha value is -3.48. The fraction of sp³-hybridized carbons (Fsp3) is 0.0417. The third-order valence-electron chi connectivity index (χ3n) is 4.84. The topological polar surface area (TPSA) is 62.0 Å². The van der Waals surface area contributed by atoms with E-state index in [1.807, 2.05) is 66.7 Å². The van der Waals surface area contributed by atoms with Crippen LogP contribution in [-0.4, -0.2) is 15.5 Å². The zero-order valence-corrected chi connectivity index (χ0v) is 17.8. The van der Waals surface area contributed by atoms with Crippen molar-refractivity contribution in [2.24, 2.45) is 0 Å². The van der Waals surface area contributed by atoms with Gasteiger partial charge in [0.1, 0.15) is 12.4 Å². The summed E-state index contributed by atoms with van der Waals surface area (Å²) in [6, 6.07) is 26.0. The van der Waals surface area contributed by atoms with Crippen LogP contribution < -0.4 is 9.84 Å². The van der Waals surface area contributed by atoms with Gasteiger partial charge in [-0.15, -0.1) is 11.3 Å². The van der Waals surface area contributed by atoms with Crippen LogP contribution in [0.15, 0.2) is 84.2 Å². The number of halogens is 1. The molecule has 0 unspecified atom stereocenters. The normalized spacial score (nSPS) is 10.9. The van der Waals surface area contributed by atoms with E-state index in [2.05, 4.69) is 38.1 Å². The van der Waals surface area contributed by atoms with Gasteiger partial charge in [-0.05, 0) is 52.4 Å². The van der Waals surface area contributed by atoms with Crippen LogP contribution >= 0.6 is 22.9 Å². The van der Waals surface area contributed by atoms with Crippen molar-refractivity contribution in [3.05, 3.63) is 94.8 Å². The summed E-state index contributed by atoms with van der Waals surface area (Å²) in [5, 5.41) is 17.8. The Labute approximate surface area is 188 Å². The summed E-state index contributed by atoms with van der Waals surface area (Å²) in [5.41, 5.74) is 5.05. The predicted molar refractivity (Wildman–Crippen MR) is 123 cm³/mol. The zero-order chi connectivity index (χ0) is 21.0. The van der Waals surface area contributed by atoms with Crippen LogP contribution in [0.2, 0.25) is 5.02 Å². The smallest absolute Gasteiger partial charge is 0.127 e. The summed E-state index contributed by atoms with van der Waals surface area (Å²) in [6.07, 6.45) is 0. The average Bonchev–Trinajstić information content (AvgIpc) is 3.51. The number of nitrogens with zero attached hydrogens (tertiary/aromatic N) is 4. The molecule has 0 atom stereocenters. The van der Waals surface area contributed by atoms with Crippen LogP contribution in [-0.2, 0) is 6.61 Å². The largest absolute Gasteiger partial charge is 0.488 e. The Morgan fingerprint density at radius 1 is 0.871 bits per heavy atom. The first-order chi connectivity index (χ1) is 15.3. The van der Waals surface area contributed by atoms with Gasteiger partial charge < -0.3 is 9.84 Å². The summed E-state index contributed by atoms with van der Waals surface area (Å²) in [4.78, 5) is 1.11. The fourth-order valence-electron chi connectivity index (χ4n) is 3.38. The van der Waals surface area contributed by atoms with Crippen LogP contribution in [0.1, 0.15) is 5.56 Å². The molecule has 0 bridgehead atoms. The maximum absolute atomic E-state index is 6.36. The molecule has 0 spiro atoms. The van der Waals surface area contributed by atoms with Crippen LogP contribution in [0, 0.1) is 0 Å². The minimum atomic E-state index is 0.485. The average molecular weight is 444 g/mol. The van der Waals surface area contributed by atoms with Crippen LogP contribution in [0.25, 0.3) is 33.0 Å². The van der Waals surface area contributed by atoms with E-state index in [0.717, 1.165) is 38.4 Å². The van der Waals surface area contributed by atoms with Gasteiger partial charge in [-0.25, -0.2) is 0 Å². The molecular weight excluding hydrogens is 428 g/mol. The van der Waals surface area contributed by atoms with Gasteiger partial charge in [0.2, 0.25) is 0 Å². The lowest BCUT2D eigenvalue weighted by atomic mass is 10.0. The minimum Gasteiger partial charge on any atom is -0.488 e. The molecule has 7 heteroatoms. The molecule has 152 valence electrons. The minimum absolute atomic E-state index is 0.485. The molecule has 5 nitrogen and oxygen atoms in total.